The van der Waals surface area contributed by atoms with E-state index < -0.39 is 0 Å². The summed E-state index contributed by atoms with van der Waals surface area (Å²) >= 11 is 2.87. The Balaban J connectivity index is 1.56. The average Bonchev–Trinajstić information content (AvgIpc) is 3.31. The van der Waals surface area contributed by atoms with Gasteiger partial charge in [-0.1, -0.05) is 54.3 Å². The van der Waals surface area contributed by atoms with Crippen LogP contribution in [0.5, 0.6) is 0 Å². The molecule has 0 saturated carbocycles. The molecular formula is C18H19N3O2S2. The minimum Gasteiger partial charge on any atom is -0.467 e. The lowest BCUT2D eigenvalue weighted by Gasteiger charge is -2.08. The second kappa shape index (κ2) is 8.31. The Bertz CT molecular complexity index is 813. The van der Waals surface area contributed by atoms with Crippen LogP contribution in [0.25, 0.3) is 0 Å². The number of anilines is 1. The molecule has 7 heteroatoms. The molecule has 0 spiro atoms. The summed E-state index contributed by atoms with van der Waals surface area (Å²) in [5.74, 6) is 0.941. The van der Waals surface area contributed by atoms with Gasteiger partial charge in [0.2, 0.25) is 5.13 Å². The van der Waals surface area contributed by atoms with Crippen LogP contribution < -0.4 is 5.32 Å². The Morgan fingerprint density at radius 2 is 2.08 bits per heavy atom. The van der Waals surface area contributed by atoms with E-state index in [2.05, 4.69) is 22.4 Å². The molecule has 5 nitrogen and oxygen atoms in total. The van der Waals surface area contributed by atoms with Crippen molar-refractivity contribution in [2.45, 2.75) is 36.4 Å². The molecule has 25 heavy (non-hydrogen) atoms. The highest BCUT2D eigenvalue weighted by atomic mass is 32.2. The fraction of sp³-hybridized carbons (Fsp3) is 0.278. The van der Waals surface area contributed by atoms with Crippen molar-refractivity contribution in [2.24, 2.45) is 0 Å². The molecule has 3 rings (SSSR count). The van der Waals surface area contributed by atoms with E-state index >= 15 is 0 Å². The van der Waals surface area contributed by atoms with E-state index in [1.165, 1.54) is 28.7 Å². The first-order valence-corrected chi connectivity index (χ1v) is 9.75. The number of rotatable bonds is 8. The van der Waals surface area contributed by atoms with Gasteiger partial charge in [-0.15, -0.1) is 10.2 Å². The molecule has 130 valence electrons. The lowest BCUT2D eigenvalue weighted by atomic mass is 10.1. The Morgan fingerprint density at radius 3 is 2.76 bits per heavy atom. The van der Waals surface area contributed by atoms with Crippen molar-refractivity contribution in [1.82, 2.24) is 10.2 Å². The molecule has 0 unspecified atom stereocenters. The number of nitrogens with one attached hydrogen (secondary N) is 1. The zero-order chi connectivity index (χ0) is 17.6. The van der Waals surface area contributed by atoms with Crippen LogP contribution >= 0.6 is 23.1 Å². The van der Waals surface area contributed by atoms with Crippen molar-refractivity contribution in [2.75, 3.05) is 5.32 Å². The molecular weight excluding hydrogens is 354 g/mol. The van der Waals surface area contributed by atoms with Crippen molar-refractivity contribution in [1.29, 1.82) is 0 Å². The first kappa shape index (κ1) is 17.7. The molecule has 0 radical (unpaired) electrons. The van der Waals surface area contributed by atoms with Crippen LogP contribution in [0.3, 0.4) is 0 Å². The summed E-state index contributed by atoms with van der Waals surface area (Å²) in [5, 5.41) is 11.9. The van der Waals surface area contributed by atoms with Gasteiger partial charge in [-0.25, -0.2) is 0 Å². The molecule has 0 aliphatic carbocycles. The van der Waals surface area contributed by atoms with Crippen molar-refractivity contribution in [3.63, 3.8) is 0 Å². The van der Waals surface area contributed by atoms with Crippen LogP contribution in [0.2, 0.25) is 0 Å². The van der Waals surface area contributed by atoms with Gasteiger partial charge in [0, 0.05) is 5.56 Å². The second-order valence-corrected chi connectivity index (χ2v) is 8.05. The van der Waals surface area contributed by atoms with Gasteiger partial charge in [0.25, 0.3) is 0 Å². The Kier molecular flexibility index (Phi) is 5.88. The third-order valence-electron chi connectivity index (χ3n) is 3.69. The van der Waals surface area contributed by atoms with E-state index in [1.54, 1.807) is 6.26 Å². The number of ketones is 1. The normalized spacial score (nSPS) is 12.1. The van der Waals surface area contributed by atoms with Crippen LogP contribution in [0.4, 0.5) is 5.13 Å². The highest BCUT2D eigenvalue weighted by molar-refractivity contribution is 8.02. The van der Waals surface area contributed by atoms with Crippen molar-refractivity contribution >= 4 is 34.0 Å². The Morgan fingerprint density at radius 1 is 1.28 bits per heavy atom. The van der Waals surface area contributed by atoms with E-state index in [4.69, 9.17) is 4.42 Å². The van der Waals surface area contributed by atoms with E-state index in [-0.39, 0.29) is 11.0 Å². The molecule has 3 aromatic rings. The number of aryl methyl sites for hydroxylation is 1. The maximum Gasteiger partial charge on any atom is 0.206 e. The van der Waals surface area contributed by atoms with E-state index in [1.807, 2.05) is 43.3 Å². The summed E-state index contributed by atoms with van der Waals surface area (Å²) in [6.45, 7) is 4.56. The molecule has 1 N–H and O–H groups in total. The largest absolute Gasteiger partial charge is 0.467 e. The zero-order valence-electron chi connectivity index (χ0n) is 14.1. The summed E-state index contributed by atoms with van der Waals surface area (Å²) in [6, 6.07) is 11.6. The summed E-state index contributed by atoms with van der Waals surface area (Å²) in [4.78, 5) is 12.5. The quantitative estimate of drug-likeness (QED) is 0.457. The van der Waals surface area contributed by atoms with E-state index in [9.17, 15) is 4.79 Å². The highest BCUT2D eigenvalue weighted by Crippen LogP contribution is 2.30. The molecule has 1 atom stereocenters. The first-order valence-electron chi connectivity index (χ1n) is 8.05. The van der Waals surface area contributed by atoms with Gasteiger partial charge in [0.15, 0.2) is 10.1 Å². The van der Waals surface area contributed by atoms with E-state index in [0.29, 0.717) is 11.7 Å². The van der Waals surface area contributed by atoms with Crippen molar-refractivity contribution in [3.05, 3.63) is 59.5 Å². The fourth-order valence-electron chi connectivity index (χ4n) is 2.25. The summed E-state index contributed by atoms with van der Waals surface area (Å²) in [5.41, 5.74) is 1.96. The summed E-state index contributed by atoms with van der Waals surface area (Å²) in [6.07, 6.45) is 2.61. The fourth-order valence-corrected chi connectivity index (χ4v) is 4.22. The van der Waals surface area contributed by atoms with Gasteiger partial charge in [0.1, 0.15) is 5.76 Å². The predicted octanol–water partition coefficient (Wildman–Crippen LogP) is 4.67. The topological polar surface area (TPSA) is 68.0 Å². The van der Waals surface area contributed by atoms with Crippen LogP contribution in [0.1, 0.15) is 35.5 Å². The maximum atomic E-state index is 12.5. The van der Waals surface area contributed by atoms with Gasteiger partial charge in [-0.3, -0.25) is 4.79 Å². The number of Topliss-reactive ketones (excluding diaryl/α,β-unsaturated/α-hetero) is 1. The van der Waals surface area contributed by atoms with Gasteiger partial charge in [-0.05, 0) is 31.0 Å². The maximum absolute atomic E-state index is 12.5. The standard InChI is InChI=1S/C18H19N3O2S2/c1-3-13-6-8-14(9-7-13)16(22)12(2)24-18-21-20-17(25-18)19-11-15-5-4-10-23-15/h4-10,12H,3,11H2,1-2H3,(H,19,20)/t12-/m0/s1. The third kappa shape index (κ3) is 4.70. The lowest BCUT2D eigenvalue weighted by molar-refractivity contribution is 0.0994. The molecule has 0 aliphatic heterocycles. The molecule has 2 aromatic heterocycles. The summed E-state index contributed by atoms with van der Waals surface area (Å²) in [7, 11) is 0. The molecule has 2 heterocycles. The number of nitrogens with zero attached hydrogens (tertiary/aromatic N) is 2. The van der Waals surface area contributed by atoms with Crippen molar-refractivity contribution < 1.29 is 9.21 Å². The number of furan rings is 1. The van der Waals surface area contributed by atoms with Crippen LogP contribution in [-0.2, 0) is 13.0 Å². The van der Waals surface area contributed by atoms with Crippen LogP contribution in [0, 0.1) is 0 Å². The molecule has 0 aliphatic rings. The number of hydrogen-bond acceptors (Lipinski definition) is 7. The molecule has 0 bridgehead atoms. The molecule has 0 fully saturated rings. The number of benzene rings is 1. The molecule has 0 amide bonds. The lowest BCUT2D eigenvalue weighted by Crippen LogP contribution is -2.13. The molecule has 1 aromatic carbocycles. The van der Waals surface area contributed by atoms with E-state index in [0.717, 1.165) is 22.1 Å². The Labute approximate surface area is 154 Å². The predicted molar refractivity (Wildman–Crippen MR) is 101 cm³/mol. The zero-order valence-corrected chi connectivity index (χ0v) is 15.7. The number of carbonyl (C=O) groups excluding carboxylic acids is 1. The number of aromatic nitrogens is 2. The average molecular weight is 374 g/mol. The van der Waals surface area contributed by atoms with Gasteiger partial charge in [-0.2, -0.15) is 0 Å². The minimum atomic E-state index is -0.210. The number of carbonyl (C=O) groups is 1. The second-order valence-electron chi connectivity index (χ2n) is 5.48. The van der Waals surface area contributed by atoms with Crippen molar-refractivity contribution in [3.8, 4) is 0 Å². The van der Waals surface area contributed by atoms with Crippen LogP contribution in [-0.4, -0.2) is 21.2 Å². The van der Waals surface area contributed by atoms with Gasteiger partial charge in [0.05, 0.1) is 18.1 Å². The summed E-state index contributed by atoms with van der Waals surface area (Å²) < 4.78 is 6.04. The first-order chi connectivity index (χ1) is 12.2. The smallest absolute Gasteiger partial charge is 0.206 e. The highest BCUT2D eigenvalue weighted by Gasteiger charge is 2.18. The monoisotopic (exact) mass is 373 g/mol. The molecule has 0 saturated heterocycles. The van der Waals surface area contributed by atoms with Gasteiger partial charge < -0.3 is 9.73 Å². The Hall–Kier alpha value is -2.12. The number of hydrogen-bond donors (Lipinski definition) is 1. The minimum absolute atomic E-state index is 0.105. The number of thioether (sulfide) groups is 1. The van der Waals surface area contributed by atoms with Gasteiger partial charge >= 0.3 is 0 Å². The SMILES string of the molecule is CCc1ccc(C(=O)[C@H](C)Sc2nnc(NCc3ccco3)s2)cc1. The van der Waals surface area contributed by atoms with Crippen LogP contribution in [0.15, 0.2) is 51.4 Å². The third-order valence-corrected chi connectivity index (χ3v) is 5.76.